The monoisotopic (exact) mass is 311 g/mol. The summed E-state index contributed by atoms with van der Waals surface area (Å²) in [6.45, 7) is 5.81. The summed E-state index contributed by atoms with van der Waals surface area (Å²) in [5, 5.41) is 10.5. The van der Waals surface area contributed by atoms with Gasteiger partial charge in [0.25, 0.3) is 0 Å². The van der Waals surface area contributed by atoms with Crippen molar-refractivity contribution >= 4 is 12.0 Å². The molecule has 0 saturated heterocycles. The minimum atomic E-state index is -0.715. The lowest BCUT2D eigenvalue weighted by Gasteiger charge is -2.14. The number of aliphatic hydroxyl groups is 1. The highest BCUT2D eigenvalue weighted by molar-refractivity contribution is 5.93. The number of carbonyl (C=O) groups excluding carboxylic acids is 1. The Bertz CT molecular complexity index is 708. The lowest BCUT2D eigenvalue weighted by molar-refractivity contribution is -0.138. The molecule has 1 atom stereocenters. The zero-order valence-corrected chi connectivity index (χ0v) is 13.6. The van der Waals surface area contributed by atoms with E-state index in [-0.39, 0.29) is 5.97 Å². The molecule has 0 fully saturated rings. The second kappa shape index (κ2) is 7.70. The Morgan fingerprint density at radius 1 is 1.39 bits per heavy atom. The fraction of sp³-hybridized carbons (Fsp3) is 0.263. The summed E-state index contributed by atoms with van der Waals surface area (Å²) in [5.41, 5.74) is 3.97. The summed E-state index contributed by atoms with van der Waals surface area (Å²) < 4.78 is 4.97. The zero-order chi connectivity index (χ0) is 16.8. The number of hydrogen-bond acceptors (Lipinski definition) is 4. The molecule has 1 aromatic carbocycles. The summed E-state index contributed by atoms with van der Waals surface area (Å²) in [6.07, 6.45) is 4.40. The molecule has 0 amide bonds. The molecule has 1 N–H and O–H groups in total. The molecule has 4 nitrogen and oxygen atoms in total. The first-order chi connectivity index (χ1) is 11.0. The molecule has 120 valence electrons. The average molecular weight is 311 g/mol. The second-order valence-corrected chi connectivity index (χ2v) is 5.35. The normalized spacial score (nSPS) is 12.8. The molecule has 1 aromatic heterocycles. The highest BCUT2D eigenvalue weighted by Crippen LogP contribution is 2.25. The van der Waals surface area contributed by atoms with E-state index in [1.54, 1.807) is 38.4 Å². The molecule has 2 aromatic rings. The van der Waals surface area contributed by atoms with Gasteiger partial charge in [-0.1, -0.05) is 24.3 Å². The number of aryl methyl sites for hydroxylation is 1. The molecule has 0 aliphatic rings. The first-order valence-corrected chi connectivity index (χ1v) is 7.57. The molecule has 0 aliphatic heterocycles. The Morgan fingerprint density at radius 3 is 2.78 bits per heavy atom. The first-order valence-electron chi connectivity index (χ1n) is 7.57. The SMILES string of the molecule is CCOC(=O)C(C)=Cc1ccc(C(O)c2cccnc2)c(C)c1. The van der Waals surface area contributed by atoms with Crippen LogP contribution in [0, 0.1) is 6.92 Å². The Labute approximate surface area is 136 Å². The van der Waals surface area contributed by atoms with Crippen LogP contribution in [0.15, 0.2) is 48.3 Å². The van der Waals surface area contributed by atoms with Crippen LogP contribution < -0.4 is 0 Å². The number of pyridine rings is 1. The van der Waals surface area contributed by atoms with E-state index in [9.17, 15) is 9.90 Å². The van der Waals surface area contributed by atoms with E-state index in [1.807, 2.05) is 31.2 Å². The van der Waals surface area contributed by atoms with Crippen LogP contribution in [-0.2, 0) is 9.53 Å². The van der Waals surface area contributed by atoms with Gasteiger partial charge in [0.2, 0.25) is 0 Å². The van der Waals surface area contributed by atoms with Crippen LogP contribution in [-0.4, -0.2) is 22.7 Å². The molecule has 1 heterocycles. The van der Waals surface area contributed by atoms with Crippen LogP contribution in [0.25, 0.3) is 6.08 Å². The summed E-state index contributed by atoms with van der Waals surface area (Å²) in [7, 11) is 0. The predicted octanol–water partition coefficient (Wildman–Crippen LogP) is 3.44. The number of nitrogens with zero attached hydrogens (tertiary/aromatic N) is 1. The largest absolute Gasteiger partial charge is 0.463 e. The number of benzene rings is 1. The third-order valence-corrected chi connectivity index (χ3v) is 3.57. The van der Waals surface area contributed by atoms with E-state index >= 15 is 0 Å². The number of aromatic nitrogens is 1. The van der Waals surface area contributed by atoms with E-state index in [0.29, 0.717) is 12.2 Å². The van der Waals surface area contributed by atoms with Crippen molar-refractivity contribution in [3.05, 3.63) is 70.6 Å². The van der Waals surface area contributed by atoms with Gasteiger partial charge in [0, 0.05) is 23.5 Å². The van der Waals surface area contributed by atoms with Crippen molar-refractivity contribution in [2.75, 3.05) is 6.61 Å². The lowest BCUT2D eigenvalue weighted by atomic mass is 9.96. The van der Waals surface area contributed by atoms with E-state index in [0.717, 1.165) is 22.3 Å². The maximum atomic E-state index is 11.7. The van der Waals surface area contributed by atoms with Gasteiger partial charge in [-0.3, -0.25) is 4.98 Å². The molecule has 0 bridgehead atoms. The summed E-state index contributed by atoms with van der Waals surface area (Å²) >= 11 is 0. The smallest absolute Gasteiger partial charge is 0.333 e. The fourth-order valence-electron chi connectivity index (χ4n) is 2.37. The van der Waals surface area contributed by atoms with Gasteiger partial charge in [-0.05, 0) is 49.6 Å². The van der Waals surface area contributed by atoms with Gasteiger partial charge in [-0.2, -0.15) is 0 Å². The summed E-state index contributed by atoms with van der Waals surface area (Å²) in [4.78, 5) is 15.7. The Balaban J connectivity index is 2.24. The van der Waals surface area contributed by atoms with Crippen molar-refractivity contribution in [3.8, 4) is 0 Å². The molecular weight excluding hydrogens is 290 g/mol. The van der Waals surface area contributed by atoms with Crippen LogP contribution in [0.3, 0.4) is 0 Å². The molecule has 0 saturated carbocycles. The number of hydrogen-bond donors (Lipinski definition) is 1. The van der Waals surface area contributed by atoms with E-state index < -0.39 is 6.10 Å². The van der Waals surface area contributed by atoms with Crippen LogP contribution in [0.5, 0.6) is 0 Å². The predicted molar refractivity (Wildman–Crippen MR) is 89.8 cm³/mol. The summed E-state index contributed by atoms with van der Waals surface area (Å²) in [5.74, 6) is -0.315. The Hall–Kier alpha value is -2.46. The minimum absolute atomic E-state index is 0.315. The van der Waals surface area contributed by atoms with Crippen molar-refractivity contribution in [1.29, 1.82) is 0 Å². The van der Waals surface area contributed by atoms with Crippen molar-refractivity contribution in [2.45, 2.75) is 26.9 Å². The van der Waals surface area contributed by atoms with Crippen molar-refractivity contribution in [2.24, 2.45) is 0 Å². The fourth-order valence-corrected chi connectivity index (χ4v) is 2.37. The zero-order valence-electron chi connectivity index (χ0n) is 13.6. The van der Waals surface area contributed by atoms with Gasteiger partial charge in [-0.15, -0.1) is 0 Å². The van der Waals surface area contributed by atoms with Gasteiger partial charge in [0.15, 0.2) is 0 Å². The molecule has 2 rings (SSSR count). The lowest BCUT2D eigenvalue weighted by Crippen LogP contribution is -2.05. The molecule has 23 heavy (non-hydrogen) atoms. The standard InChI is InChI=1S/C19H21NO3/c1-4-23-19(22)14(3)11-15-7-8-17(13(2)10-15)18(21)16-6-5-9-20-12-16/h5-12,18,21H,4H2,1-3H3. The Kier molecular flexibility index (Phi) is 5.66. The average Bonchev–Trinajstić information content (AvgIpc) is 2.55. The number of aliphatic hydroxyl groups excluding tert-OH is 1. The van der Waals surface area contributed by atoms with E-state index in [1.165, 1.54) is 0 Å². The molecule has 1 unspecified atom stereocenters. The third-order valence-electron chi connectivity index (χ3n) is 3.57. The molecule has 0 aliphatic carbocycles. The van der Waals surface area contributed by atoms with Crippen LogP contribution in [0.2, 0.25) is 0 Å². The van der Waals surface area contributed by atoms with Crippen LogP contribution in [0.4, 0.5) is 0 Å². The van der Waals surface area contributed by atoms with Gasteiger partial charge < -0.3 is 9.84 Å². The third kappa shape index (κ3) is 4.27. The number of esters is 1. The highest BCUT2D eigenvalue weighted by Gasteiger charge is 2.13. The maximum absolute atomic E-state index is 11.7. The second-order valence-electron chi connectivity index (χ2n) is 5.35. The van der Waals surface area contributed by atoms with Crippen molar-refractivity contribution in [3.63, 3.8) is 0 Å². The summed E-state index contributed by atoms with van der Waals surface area (Å²) in [6, 6.07) is 9.34. The highest BCUT2D eigenvalue weighted by atomic mass is 16.5. The van der Waals surface area contributed by atoms with Crippen molar-refractivity contribution in [1.82, 2.24) is 4.98 Å². The molecule has 0 spiro atoms. The van der Waals surface area contributed by atoms with Crippen LogP contribution in [0.1, 0.15) is 42.2 Å². The van der Waals surface area contributed by atoms with E-state index in [4.69, 9.17) is 4.74 Å². The topological polar surface area (TPSA) is 59.4 Å². The van der Waals surface area contributed by atoms with Crippen molar-refractivity contribution < 1.29 is 14.6 Å². The van der Waals surface area contributed by atoms with E-state index in [2.05, 4.69) is 4.98 Å². The number of rotatable bonds is 5. The minimum Gasteiger partial charge on any atom is -0.463 e. The number of ether oxygens (including phenoxy) is 1. The van der Waals surface area contributed by atoms with Gasteiger partial charge in [0.1, 0.15) is 6.10 Å². The first kappa shape index (κ1) is 16.9. The van der Waals surface area contributed by atoms with Crippen LogP contribution >= 0.6 is 0 Å². The van der Waals surface area contributed by atoms with Gasteiger partial charge >= 0.3 is 5.97 Å². The van der Waals surface area contributed by atoms with Gasteiger partial charge in [-0.25, -0.2) is 4.79 Å². The maximum Gasteiger partial charge on any atom is 0.333 e. The number of carbonyl (C=O) groups is 1. The molecule has 0 radical (unpaired) electrons. The molecule has 4 heteroatoms. The Morgan fingerprint density at radius 2 is 2.17 bits per heavy atom. The quantitative estimate of drug-likeness (QED) is 0.679. The molecular formula is C19H21NO3. The van der Waals surface area contributed by atoms with Gasteiger partial charge in [0.05, 0.1) is 6.61 Å².